The first kappa shape index (κ1) is 23.9. The maximum atomic E-state index is 2.42. The third-order valence-corrected chi connectivity index (χ3v) is 13.8. The summed E-state index contributed by atoms with van der Waals surface area (Å²) in [5.41, 5.74) is 10.6. The van der Waals surface area contributed by atoms with Gasteiger partial charge in [-0.3, -0.25) is 0 Å². The van der Waals surface area contributed by atoms with E-state index < -0.39 is 8.07 Å². The maximum Gasteiger partial charge on any atom is 0.183 e. The Morgan fingerprint density at radius 2 is 0.561 bits per heavy atom. The Morgan fingerprint density at radius 1 is 0.268 bits per heavy atom. The quantitative estimate of drug-likeness (QED) is 0.198. The fourth-order valence-electron chi connectivity index (χ4n) is 7.24. The molecule has 2 heterocycles. The first-order valence-electron chi connectivity index (χ1n) is 14.3. The number of benzene rings is 6. The van der Waals surface area contributed by atoms with Gasteiger partial charge in [0.25, 0.3) is 0 Å². The summed E-state index contributed by atoms with van der Waals surface area (Å²) in [6.45, 7) is 0. The Kier molecular flexibility index (Phi) is 5.58. The lowest BCUT2D eigenvalue weighted by molar-refractivity contribution is 1.58. The smallest absolute Gasteiger partial charge is 0.0623 e. The molecule has 6 aromatic carbocycles. The third-order valence-electron chi connectivity index (χ3n) is 8.70. The SMILES string of the molecule is c1ccc(C2=C(c3ccccc3)[Si]3(C(c4ccccc4)=C2c2ccccc2)c2ccccc2-c2ccccc23)cc1. The van der Waals surface area contributed by atoms with E-state index in [0.29, 0.717) is 0 Å². The second-order valence-electron chi connectivity index (χ2n) is 10.8. The molecule has 192 valence electrons. The molecule has 0 N–H and O–H groups in total. The van der Waals surface area contributed by atoms with E-state index in [1.54, 1.807) is 0 Å². The van der Waals surface area contributed by atoms with Crippen LogP contribution in [0.2, 0.25) is 0 Å². The van der Waals surface area contributed by atoms with Crippen molar-refractivity contribution in [3.05, 3.63) is 192 Å². The van der Waals surface area contributed by atoms with Gasteiger partial charge < -0.3 is 0 Å². The van der Waals surface area contributed by atoms with Gasteiger partial charge in [-0.05, 0) is 65.3 Å². The van der Waals surface area contributed by atoms with Gasteiger partial charge in [-0.15, -0.1) is 0 Å². The Morgan fingerprint density at radius 3 is 0.927 bits per heavy atom. The molecule has 0 aromatic heterocycles. The molecule has 1 heteroatoms. The van der Waals surface area contributed by atoms with E-state index in [9.17, 15) is 0 Å². The van der Waals surface area contributed by atoms with Gasteiger partial charge in [-0.2, -0.15) is 0 Å². The van der Waals surface area contributed by atoms with Crippen LogP contribution in [0.25, 0.3) is 32.7 Å². The summed E-state index contributed by atoms with van der Waals surface area (Å²) < 4.78 is 0. The summed E-state index contributed by atoms with van der Waals surface area (Å²) in [5, 5.41) is 5.94. The molecule has 1 spiro atoms. The Hall–Kier alpha value is -4.98. The number of rotatable bonds is 4. The van der Waals surface area contributed by atoms with Crippen LogP contribution in [0.1, 0.15) is 22.3 Å². The summed E-state index contributed by atoms with van der Waals surface area (Å²) in [6.07, 6.45) is 0. The molecule has 0 nitrogen and oxygen atoms in total. The molecule has 0 aliphatic carbocycles. The van der Waals surface area contributed by atoms with E-state index in [4.69, 9.17) is 0 Å². The summed E-state index contributed by atoms with van der Waals surface area (Å²) >= 11 is 0. The number of hydrogen-bond donors (Lipinski definition) is 0. The van der Waals surface area contributed by atoms with Crippen LogP contribution in [0, 0.1) is 0 Å². The number of hydrogen-bond acceptors (Lipinski definition) is 0. The molecule has 0 saturated heterocycles. The highest BCUT2D eigenvalue weighted by Crippen LogP contribution is 2.57. The minimum atomic E-state index is -2.78. The van der Waals surface area contributed by atoms with Crippen molar-refractivity contribution < 1.29 is 0 Å². The van der Waals surface area contributed by atoms with Gasteiger partial charge in [0.1, 0.15) is 0 Å². The van der Waals surface area contributed by atoms with Crippen LogP contribution < -0.4 is 10.4 Å². The van der Waals surface area contributed by atoms with Gasteiger partial charge in [0.2, 0.25) is 0 Å². The first-order valence-corrected chi connectivity index (χ1v) is 16.3. The van der Waals surface area contributed by atoms with Gasteiger partial charge in [0.15, 0.2) is 8.07 Å². The lowest BCUT2D eigenvalue weighted by Gasteiger charge is -2.33. The van der Waals surface area contributed by atoms with E-state index in [-0.39, 0.29) is 0 Å². The maximum absolute atomic E-state index is 2.78. The normalized spacial score (nSPS) is 14.8. The van der Waals surface area contributed by atoms with Crippen molar-refractivity contribution in [3.8, 4) is 11.1 Å². The summed E-state index contributed by atoms with van der Waals surface area (Å²) in [7, 11) is -2.78. The predicted molar refractivity (Wildman–Crippen MR) is 176 cm³/mol. The van der Waals surface area contributed by atoms with E-state index >= 15 is 0 Å². The average Bonchev–Trinajstić information content (AvgIpc) is 3.54. The Labute approximate surface area is 242 Å². The van der Waals surface area contributed by atoms with Crippen LogP contribution in [0.15, 0.2) is 170 Å². The lowest BCUT2D eigenvalue weighted by Crippen LogP contribution is -2.56. The van der Waals surface area contributed by atoms with E-state index in [0.717, 1.165) is 0 Å². The van der Waals surface area contributed by atoms with Crippen molar-refractivity contribution in [2.24, 2.45) is 0 Å². The van der Waals surface area contributed by atoms with Crippen molar-refractivity contribution in [2.45, 2.75) is 0 Å². The molecule has 0 unspecified atom stereocenters. The minimum Gasteiger partial charge on any atom is -0.0623 e. The largest absolute Gasteiger partial charge is 0.183 e. The highest BCUT2D eigenvalue weighted by molar-refractivity contribution is 7.31. The zero-order valence-electron chi connectivity index (χ0n) is 22.7. The van der Waals surface area contributed by atoms with Crippen LogP contribution in [0.3, 0.4) is 0 Å². The summed E-state index contributed by atoms with van der Waals surface area (Å²) in [4.78, 5) is 0. The van der Waals surface area contributed by atoms with Gasteiger partial charge >= 0.3 is 0 Å². The first-order chi connectivity index (χ1) is 20.4. The van der Waals surface area contributed by atoms with Crippen LogP contribution in [-0.2, 0) is 0 Å². The van der Waals surface area contributed by atoms with Crippen molar-refractivity contribution in [3.63, 3.8) is 0 Å². The van der Waals surface area contributed by atoms with E-state index in [2.05, 4.69) is 170 Å². The van der Waals surface area contributed by atoms with Crippen LogP contribution in [0.5, 0.6) is 0 Å². The van der Waals surface area contributed by atoms with Crippen LogP contribution in [0.4, 0.5) is 0 Å². The van der Waals surface area contributed by atoms with Crippen molar-refractivity contribution in [2.75, 3.05) is 0 Å². The van der Waals surface area contributed by atoms with Crippen molar-refractivity contribution in [1.82, 2.24) is 0 Å². The summed E-state index contributed by atoms with van der Waals surface area (Å²) in [5.74, 6) is 0. The van der Waals surface area contributed by atoms with E-state index in [1.807, 2.05) is 0 Å². The Balaban J connectivity index is 1.66. The number of allylic oxidation sites excluding steroid dienone is 2. The highest BCUT2D eigenvalue weighted by Gasteiger charge is 2.57. The molecule has 6 aromatic rings. The minimum absolute atomic E-state index is 1.27. The molecular formula is C40H28Si. The van der Waals surface area contributed by atoms with Gasteiger partial charge in [-0.1, -0.05) is 170 Å². The standard InChI is InChI=1S/C40H28Si/c1-5-17-29(18-6-1)37-38(30-19-7-2-8-20-30)40(32-23-11-4-12-24-32)41(39(37)31-21-9-3-10-22-31)35-27-15-13-25-33(35)34-26-14-16-28-36(34)41/h1-28H. The molecule has 0 amide bonds. The van der Waals surface area contributed by atoms with E-state index in [1.165, 1.54) is 65.3 Å². The topological polar surface area (TPSA) is 0 Å². The van der Waals surface area contributed by atoms with Crippen LogP contribution >= 0.6 is 0 Å². The second kappa shape index (κ2) is 9.59. The zero-order valence-corrected chi connectivity index (χ0v) is 23.7. The van der Waals surface area contributed by atoms with Gasteiger partial charge in [0, 0.05) is 0 Å². The molecular weight excluding hydrogens is 509 g/mol. The lowest BCUT2D eigenvalue weighted by atomic mass is 9.89. The second-order valence-corrected chi connectivity index (χ2v) is 14.4. The molecule has 0 bridgehead atoms. The van der Waals surface area contributed by atoms with Crippen molar-refractivity contribution >= 4 is 40.0 Å². The Bertz CT molecular complexity index is 1800. The monoisotopic (exact) mass is 536 g/mol. The number of fused-ring (bicyclic) bond motifs is 5. The van der Waals surface area contributed by atoms with Gasteiger partial charge in [0.05, 0.1) is 0 Å². The molecule has 8 rings (SSSR count). The molecule has 41 heavy (non-hydrogen) atoms. The molecule has 0 atom stereocenters. The van der Waals surface area contributed by atoms with Gasteiger partial charge in [-0.25, -0.2) is 0 Å². The third kappa shape index (κ3) is 3.46. The van der Waals surface area contributed by atoms with Crippen molar-refractivity contribution in [1.29, 1.82) is 0 Å². The molecule has 2 aliphatic rings. The molecule has 0 fully saturated rings. The summed E-state index contributed by atoms with van der Waals surface area (Å²) in [6, 6.07) is 62.9. The highest BCUT2D eigenvalue weighted by atomic mass is 28.3. The average molecular weight is 537 g/mol. The predicted octanol–water partition coefficient (Wildman–Crippen LogP) is 8.54. The molecule has 2 aliphatic heterocycles. The fraction of sp³-hybridized carbons (Fsp3) is 0. The zero-order chi connectivity index (χ0) is 27.2. The molecule has 0 radical (unpaired) electrons. The molecule has 0 saturated carbocycles. The van der Waals surface area contributed by atoms with Crippen LogP contribution in [-0.4, -0.2) is 8.07 Å². The fourth-order valence-corrected chi connectivity index (χ4v) is 13.3.